The smallest absolute Gasteiger partial charge is 0.258 e. The Labute approximate surface area is 190 Å². The molecule has 1 saturated heterocycles. The normalized spacial score (nSPS) is 14.2. The van der Waals surface area contributed by atoms with Crippen molar-refractivity contribution < 1.29 is 19.1 Å². The van der Waals surface area contributed by atoms with Gasteiger partial charge in [-0.05, 0) is 63.3 Å². The predicted octanol–water partition coefficient (Wildman–Crippen LogP) is 3.96. The summed E-state index contributed by atoms with van der Waals surface area (Å²) >= 11 is 0. The van der Waals surface area contributed by atoms with E-state index in [0.29, 0.717) is 32.5 Å². The van der Waals surface area contributed by atoms with Crippen molar-refractivity contribution in [1.82, 2.24) is 10.2 Å². The number of likely N-dealkylation sites (tertiary alicyclic amines) is 1. The number of rotatable bonds is 9. The quantitative estimate of drug-likeness (QED) is 0.602. The molecule has 1 N–H and O–H groups in total. The second-order valence-corrected chi connectivity index (χ2v) is 8.50. The molecule has 3 rings (SSSR count). The number of aryl methyl sites for hydroxylation is 3. The average Bonchev–Trinajstić information content (AvgIpc) is 2.77. The monoisotopic (exact) mass is 438 g/mol. The highest BCUT2D eigenvalue weighted by Gasteiger charge is 2.23. The summed E-state index contributed by atoms with van der Waals surface area (Å²) in [4.78, 5) is 26.6. The molecule has 0 atom stereocenters. The van der Waals surface area contributed by atoms with E-state index in [1.54, 1.807) is 0 Å². The molecule has 0 spiro atoms. The standard InChI is InChI=1S/C26H34N2O4/c1-19-10-11-24(21(3)17-19)32-18-25(29)27-22-12-14-28(15-13-22)26(30)9-6-16-31-23-8-5-4-7-20(23)2/h4-5,7-8,10-11,17,22H,6,9,12-16,18H2,1-3H3,(H,27,29). The molecule has 2 amide bonds. The first-order valence-corrected chi connectivity index (χ1v) is 11.4. The molecule has 1 aliphatic rings. The Balaban J connectivity index is 1.31. The lowest BCUT2D eigenvalue weighted by Crippen LogP contribution is -2.47. The Morgan fingerprint density at radius 2 is 1.69 bits per heavy atom. The zero-order valence-corrected chi connectivity index (χ0v) is 19.4. The molecular formula is C26H34N2O4. The second kappa shape index (κ2) is 11.6. The minimum atomic E-state index is -0.122. The maximum atomic E-state index is 12.5. The van der Waals surface area contributed by atoms with Crippen molar-refractivity contribution in [2.75, 3.05) is 26.3 Å². The number of ether oxygens (including phenoxy) is 2. The molecule has 32 heavy (non-hydrogen) atoms. The summed E-state index contributed by atoms with van der Waals surface area (Å²) in [6, 6.07) is 13.9. The number of carbonyl (C=O) groups is 2. The van der Waals surface area contributed by atoms with Gasteiger partial charge in [0.2, 0.25) is 5.91 Å². The van der Waals surface area contributed by atoms with Gasteiger partial charge in [-0.1, -0.05) is 35.9 Å². The molecule has 0 radical (unpaired) electrons. The number of piperidine rings is 1. The van der Waals surface area contributed by atoms with Gasteiger partial charge in [-0.3, -0.25) is 9.59 Å². The molecule has 1 heterocycles. The van der Waals surface area contributed by atoms with Crippen LogP contribution >= 0.6 is 0 Å². The van der Waals surface area contributed by atoms with Crippen LogP contribution in [0.25, 0.3) is 0 Å². The molecule has 1 fully saturated rings. The summed E-state index contributed by atoms with van der Waals surface area (Å²) in [5.74, 6) is 1.64. The minimum absolute atomic E-state index is 0.00390. The topological polar surface area (TPSA) is 67.9 Å². The van der Waals surface area contributed by atoms with Crippen molar-refractivity contribution in [3.63, 3.8) is 0 Å². The van der Waals surface area contributed by atoms with Crippen molar-refractivity contribution in [3.8, 4) is 11.5 Å². The highest BCUT2D eigenvalue weighted by Crippen LogP contribution is 2.19. The molecule has 0 aliphatic carbocycles. The SMILES string of the molecule is Cc1ccc(OCC(=O)NC2CCN(C(=O)CCCOc3ccccc3C)CC2)c(C)c1. The Kier molecular flexibility index (Phi) is 8.54. The van der Waals surface area contributed by atoms with E-state index in [9.17, 15) is 9.59 Å². The number of benzene rings is 2. The van der Waals surface area contributed by atoms with Crippen molar-refractivity contribution in [1.29, 1.82) is 0 Å². The van der Waals surface area contributed by atoms with Crippen LogP contribution in [0.5, 0.6) is 11.5 Å². The Morgan fingerprint density at radius 3 is 2.41 bits per heavy atom. The van der Waals surface area contributed by atoms with Crippen LogP contribution in [0.15, 0.2) is 42.5 Å². The Bertz CT molecular complexity index is 920. The van der Waals surface area contributed by atoms with Crippen molar-refractivity contribution in [2.45, 2.75) is 52.5 Å². The van der Waals surface area contributed by atoms with Gasteiger partial charge in [0.05, 0.1) is 6.61 Å². The molecule has 0 aromatic heterocycles. The number of para-hydroxylation sites is 1. The van der Waals surface area contributed by atoms with Gasteiger partial charge in [0.1, 0.15) is 11.5 Å². The highest BCUT2D eigenvalue weighted by molar-refractivity contribution is 5.78. The number of nitrogens with one attached hydrogen (secondary N) is 1. The van der Waals surface area contributed by atoms with Crippen LogP contribution in [0.2, 0.25) is 0 Å². The number of amides is 2. The second-order valence-electron chi connectivity index (χ2n) is 8.50. The molecular weight excluding hydrogens is 404 g/mol. The summed E-state index contributed by atoms with van der Waals surface area (Å²) < 4.78 is 11.4. The van der Waals surface area contributed by atoms with E-state index in [4.69, 9.17) is 9.47 Å². The fraction of sp³-hybridized carbons (Fsp3) is 0.462. The van der Waals surface area contributed by atoms with Gasteiger partial charge in [0.15, 0.2) is 6.61 Å². The first kappa shape index (κ1) is 23.6. The summed E-state index contributed by atoms with van der Waals surface area (Å²) in [6.07, 6.45) is 2.70. The fourth-order valence-electron chi connectivity index (χ4n) is 3.93. The molecule has 0 saturated carbocycles. The number of nitrogens with zero attached hydrogens (tertiary/aromatic N) is 1. The highest BCUT2D eigenvalue weighted by atomic mass is 16.5. The third-order valence-corrected chi connectivity index (χ3v) is 5.79. The molecule has 6 heteroatoms. The van der Waals surface area contributed by atoms with E-state index in [1.807, 2.05) is 68.1 Å². The van der Waals surface area contributed by atoms with Gasteiger partial charge >= 0.3 is 0 Å². The van der Waals surface area contributed by atoms with E-state index in [1.165, 1.54) is 5.56 Å². The molecule has 0 unspecified atom stereocenters. The average molecular weight is 439 g/mol. The minimum Gasteiger partial charge on any atom is -0.493 e. The van der Waals surface area contributed by atoms with Crippen LogP contribution in [-0.2, 0) is 9.59 Å². The van der Waals surface area contributed by atoms with Gasteiger partial charge in [-0.15, -0.1) is 0 Å². The molecule has 2 aromatic rings. The van der Waals surface area contributed by atoms with Crippen LogP contribution < -0.4 is 14.8 Å². The van der Waals surface area contributed by atoms with Gasteiger partial charge < -0.3 is 19.7 Å². The van der Waals surface area contributed by atoms with Crippen LogP contribution in [0.1, 0.15) is 42.4 Å². The number of hydrogen-bond donors (Lipinski definition) is 1. The predicted molar refractivity (Wildman–Crippen MR) is 125 cm³/mol. The third-order valence-electron chi connectivity index (χ3n) is 5.79. The van der Waals surface area contributed by atoms with Crippen molar-refractivity contribution >= 4 is 11.8 Å². The third kappa shape index (κ3) is 7.01. The Morgan fingerprint density at radius 1 is 0.969 bits per heavy atom. The first-order valence-electron chi connectivity index (χ1n) is 11.4. The van der Waals surface area contributed by atoms with Crippen LogP contribution in [0.4, 0.5) is 0 Å². The molecule has 172 valence electrons. The molecule has 6 nitrogen and oxygen atoms in total. The Hall–Kier alpha value is -3.02. The van der Waals surface area contributed by atoms with Crippen LogP contribution in [0.3, 0.4) is 0 Å². The first-order chi connectivity index (χ1) is 15.4. The lowest BCUT2D eigenvalue weighted by atomic mass is 10.0. The van der Waals surface area contributed by atoms with Gasteiger partial charge in [-0.25, -0.2) is 0 Å². The summed E-state index contributed by atoms with van der Waals surface area (Å²) in [5, 5.41) is 3.03. The van der Waals surface area contributed by atoms with E-state index in [2.05, 4.69) is 5.32 Å². The van der Waals surface area contributed by atoms with Crippen LogP contribution in [-0.4, -0.2) is 49.1 Å². The van der Waals surface area contributed by atoms with Crippen molar-refractivity contribution in [3.05, 3.63) is 59.2 Å². The summed E-state index contributed by atoms with van der Waals surface area (Å²) in [6.45, 7) is 7.88. The lowest BCUT2D eigenvalue weighted by Gasteiger charge is -2.32. The maximum absolute atomic E-state index is 12.5. The van der Waals surface area contributed by atoms with E-state index in [-0.39, 0.29) is 24.5 Å². The molecule has 0 bridgehead atoms. The molecule has 1 aliphatic heterocycles. The number of hydrogen-bond acceptors (Lipinski definition) is 4. The fourth-order valence-corrected chi connectivity index (χ4v) is 3.93. The van der Waals surface area contributed by atoms with E-state index >= 15 is 0 Å². The lowest BCUT2D eigenvalue weighted by molar-refractivity contribution is -0.132. The van der Waals surface area contributed by atoms with E-state index < -0.39 is 0 Å². The maximum Gasteiger partial charge on any atom is 0.258 e. The molecule has 2 aromatic carbocycles. The van der Waals surface area contributed by atoms with Crippen LogP contribution in [0, 0.1) is 20.8 Å². The van der Waals surface area contributed by atoms with E-state index in [0.717, 1.165) is 35.5 Å². The summed E-state index contributed by atoms with van der Waals surface area (Å²) in [7, 11) is 0. The summed E-state index contributed by atoms with van der Waals surface area (Å²) in [5.41, 5.74) is 3.29. The zero-order valence-electron chi connectivity index (χ0n) is 19.4. The van der Waals surface area contributed by atoms with Gasteiger partial charge in [0, 0.05) is 25.6 Å². The van der Waals surface area contributed by atoms with Gasteiger partial charge in [0.25, 0.3) is 5.91 Å². The largest absolute Gasteiger partial charge is 0.493 e. The zero-order chi connectivity index (χ0) is 22.9. The number of carbonyl (C=O) groups excluding carboxylic acids is 2. The van der Waals surface area contributed by atoms with Gasteiger partial charge in [-0.2, -0.15) is 0 Å². The van der Waals surface area contributed by atoms with Crippen molar-refractivity contribution in [2.24, 2.45) is 0 Å².